The van der Waals surface area contributed by atoms with Gasteiger partial charge in [0.1, 0.15) is 5.70 Å². The number of nitrogens with one attached hydrogen (secondary N) is 1. The predicted molar refractivity (Wildman–Crippen MR) is 110 cm³/mol. The first-order valence-electron chi connectivity index (χ1n) is 8.84. The first-order valence-corrected chi connectivity index (χ1v) is 9.63. The molecule has 1 amide bonds. The molecular formula is C21H19BrN2O5. The fraction of sp³-hybridized carbons (Fsp3) is 0.190. The van der Waals surface area contributed by atoms with Crippen molar-refractivity contribution in [2.75, 3.05) is 32.1 Å². The third-order valence-electron chi connectivity index (χ3n) is 4.48. The molecule has 3 rings (SSSR count). The van der Waals surface area contributed by atoms with Gasteiger partial charge in [-0.1, -0.05) is 46.3 Å². The maximum absolute atomic E-state index is 13.0. The summed E-state index contributed by atoms with van der Waals surface area (Å²) in [7, 11) is 1.23. The molecule has 1 heterocycles. The van der Waals surface area contributed by atoms with Gasteiger partial charge in [0, 0.05) is 27.8 Å². The average Bonchev–Trinajstić information content (AvgIpc) is 3.04. The number of ketones is 1. The molecule has 0 atom stereocenters. The Morgan fingerprint density at radius 1 is 1.21 bits per heavy atom. The van der Waals surface area contributed by atoms with Gasteiger partial charge in [0.05, 0.1) is 25.8 Å². The van der Waals surface area contributed by atoms with Crippen molar-refractivity contribution < 1.29 is 24.2 Å². The number of aliphatic hydroxyl groups excluding tert-OH is 1. The largest absolute Gasteiger partial charge is 0.466 e. The molecule has 0 fully saturated rings. The molecule has 2 aromatic rings. The van der Waals surface area contributed by atoms with E-state index in [-0.39, 0.29) is 36.7 Å². The number of rotatable bonds is 7. The summed E-state index contributed by atoms with van der Waals surface area (Å²) in [5.41, 5.74) is 1.41. The number of anilines is 1. The zero-order valence-electron chi connectivity index (χ0n) is 15.6. The van der Waals surface area contributed by atoms with Gasteiger partial charge < -0.3 is 20.1 Å². The van der Waals surface area contributed by atoms with E-state index in [1.165, 1.54) is 12.0 Å². The van der Waals surface area contributed by atoms with Crippen molar-refractivity contribution in [3.05, 3.63) is 75.4 Å². The van der Waals surface area contributed by atoms with Crippen molar-refractivity contribution in [2.45, 2.75) is 0 Å². The molecule has 0 unspecified atom stereocenters. The maximum atomic E-state index is 13.0. The summed E-state index contributed by atoms with van der Waals surface area (Å²) in [6, 6.07) is 13.8. The highest BCUT2D eigenvalue weighted by Gasteiger charge is 2.35. The van der Waals surface area contributed by atoms with E-state index in [0.29, 0.717) is 21.3 Å². The molecule has 0 bridgehead atoms. The van der Waals surface area contributed by atoms with Gasteiger partial charge in [0.2, 0.25) is 0 Å². The lowest BCUT2D eigenvalue weighted by Crippen LogP contribution is -2.31. The molecule has 8 heteroatoms. The topological polar surface area (TPSA) is 95.9 Å². The average molecular weight is 459 g/mol. The van der Waals surface area contributed by atoms with Crippen LogP contribution >= 0.6 is 15.9 Å². The molecule has 29 heavy (non-hydrogen) atoms. The minimum atomic E-state index is -0.644. The smallest absolute Gasteiger partial charge is 0.337 e. The molecule has 0 radical (unpaired) electrons. The number of benzene rings is 2. The van der Waals surface area contributed by atoms with Gasteiger partial charge in [-0.15, -0.1) is 0 Å². The van der Waals surface area contributed by atoms with Crippen molar-refractivity contribution in [1.29, 1.82) is 0 Å². The monoisotopic (exact) mass is 458 g/mol. The lowest BCUT2D eigenvalue weighted by molar-refractivity contribution is -0.136. The van der Waals surface area contributed by atoms with Crippen LogP contribution in [0.15, 0.2) is 64.3 Å². The second kappa shape index (κ2) is 9.02. The molecule has 0 saturated heterocycles. The number of hydrogen-bond acceptors (Lipinski definition) is 6. The van der Waals surface area contributed by atoms with Gasteiger partial charge >= 0.3 is 5.97 Å². The Balaban J connectivity index is 2.01. The Hall–Kier alpha value is -2.97. The molecule has 0 saturated carbocycles. The highest BCUT2D eigenvalue weighted by atomic mass is 79.9. The van der Waals surface area contributed by atoms with Crippen molar-refractivity contribution in [2.24, 2.45) is 0 Å². The molecular weight excluding hydrogens is 440 g/mol. The molecule has 1 aliphatic rings. The number of amides is 1. The number of esters is 1. The van der Waals surface area contributed by atoms with Gasteiger partial charge in [0.25, 0.3) is 5.91 Å². The number of aliphatic hydroxyl groups is 1. The van der Waals surface area contributed by atoms with Crippen LogP contribution in [0.3, 0.4) is 0 Å². The van der Waals surface area contributed by atoms with Gasteiger partial charge in [-0.3, -0.25) is 9.59 Å². The summed E-state index contributed by atoms with van der Waals surface area (Å²) in [4.78, 5) is 39.3. The summed E-state index contributed by atoms with van der Waals surface area (Å²) in [5, 5.41) is 12.1. The summed E-state index contributed by atoms with van der Waals surface area (Å²) < 4.78 is 5.49. The second-order valence-corrected chi connectivity index (χ2v) is 7.22. The summed E-state index contributed by atoms with van der Waals surface area (Å²) in [6.07, 6.45) is 0. The number of carbonyl (C=O) groups is 3. The SMILES string of the molecule is COC(=O)C1=C(Nc2ccc(Br)cc2C(=O)c2ccccc2)C(=O)N(CCO)C1. The molecule has 2 aromatic carbocycles. The van der Waals surface area contributed by atoms with Crippen LogP contribution in [0.1, 0.15) is 15.9 Å². The van der Waals surface area contributed by atoms with E-state index in [2.05, 4.69) is 21.2 Å². The Morgan fingerprint density at radius 2 is 1.93 bits per heavy atom. The van der Waals surface area contributed by atoms with Crippen molar-refractivity contribution >= 4 is 39.3 Å². The zero-order valence-corrected chi connectivity index (χ0v) is 17.2. The van der Waals surface area contributed by atoms with Gasteiger partial charge in [-0.05, 0) is 18.2 Å². The highest BCUT2D eigenvalue weighted by molar-refractivity contribution is 9.10. The molecule has 2 N–H and O–H groups in total. The zero-order chi connectivity index (χ0) is 21.0. The number of methoxy groups -OCH3 is 1. The van der Waals surface area contributed by atoms with E-state index < -0.39 is 11.9 Å². The minimum Gasteiger partial charge on any atom is -0.466 e. The number of ether oxygens (including phenoxy) is 1. The summed E-state index contributed by atoms with van der Waals surface area (Å²) in [6.45, 7) is -0.128. The van der Waals surface area contributed by atoms with E-state index >= 15 is 0 Å². The van der Waals surface area contributed by atoms with Gasteiger partial charge in [0.15, 0.2) is 5.78 Å². The maximum Gasteiger partial charge on any atom is 0.337 e. The number of halogens is 1. The van der Waals surface area contributed by atoms with Crippen molar-refractivity contribution in [3.63, 3.8) is 0 Å². The van der Waals surface area contributed by atoms with Crippen LogP contribution in [0.4, 0.5) is 5.69 Å². The predicted octanol–water partition coefficient (Wildman–Crippen LogP) is 2.35. The number of carbonyl (C=O) groups excluding carboxylic acids is 3. The molecule has 150 valence electrons. The second-order valence-electron chi connectivity index (χ2n) is 6.31. The fourth-order valence-corrected chi connectivity index (χ4v) is 3.40. The Morgan fingerprint density at radius 3 is 2.59 bits per heavy atom. The molecule has 7 nitrogen and oxygen atoms in total. The standard InChI is InChI=1S/C21H19BrN2O5/c1-29-21(28)16-12-24(9-10-25)20(27)18(16)23-17-8-7-14(22)11-15(17)19(26)13-5-3-2-4-6-13/h2-8,11,23,25H,9-10,12H2,1H3. The third kappa shape index (κ3) is 4.38. The van der Waals surface area contributed by atoms with Crippen LogP contribution in [-0.4, -0.2) is 54.5 Å². The Bertz CT molecular complexity index is 988. The molecule has 1 aliphatic heterocycles. The lowest BCUT2D eigenvalue weighted by Gasteiger charge is -2.16. The van der Waals surface area contributed by atoms with Crippen LogP contribution < -0.4 is 5.32 Å². The Labute approximate surface area is 176 Å². The first-order chi connectivity index (χ1) is 14.0. The molecule has 0 aromatic heterocycles. The van der Waals surface area contributed by atoms with E-state index in [9.17, 15) is 19.5 Å². The van der Waals surface area contributed by atoms with E-state index in [1.54, 1.807) is 42.5 Å². The van der Waals surface area contributed by atoms with Crippen LogP contribution in [0.5, 0.6) is 0 Å². The van der Waals surface area contributed by atoms with Crippen LogP contribution in [0.2, 0.25) is 0 Å². The van der Waals surface area contributed by atoms with E-state index in [0.717, 1.165) is 0 Å². The quantitative estimate of drug-likeness (QED) is 0.488. The summed E-state index contributed by atoms with van der Waals surface area (Å²) >= 11 is 3.37. The third-order valence-corrected chi connectivity index (χ3v) is 4.97. The fourth-order valence-electron chi connectivity index (χ4n) is 3.04. The first kappa shape index (κ1) is 20.8. The lowest BCUT2D eigenvalue weighted by atomic mass is 10.0. The van der Waals surface area contributed by atoms with Gasteiger partial charge in [-0.2, -0.15) is 0 Å². The van der Waals surface area contributed by atoms with Crippen LogP contribution in [-0.2, 0) is 14.3 Å². The van der Waals surface area contributed by atoms with Crippen molar-refractivity contribution in [1.82, 2.24) is 4.90 Å². The Kier molecular flexibility index (Phi) is 6.46. The summed E-state index contributed by atoms with van der Waals surface area (Å²) in [5.74, 6) is -1.32. The van der Waals surface area contributed by atoms with E-state index in [1.807, 2.05) is 6.07 Å². The molecule has 0 aliphatic carbocycles. The molecule has 0 spiro atoms. The number of β-amino-alcohol motifs (C(OH)–C–C–N with tert-alkyl or cyclic N) is 1. The van der Waals surface area contributed by atoms with Crippen LogP contribution in [0, 0.1) is 0 Å². The normalized spacial score (nSPS) is 13.6. The number of hydrogen-bond donors (Lipinski definition) is 2. The van der Waals surface area contributed by atoms with Gasteiger partial charge in [-0.25, -0.2) is 4.79 Å². The van der Waals surface area contributed by atoms with Crippen molar-refractivity contribution in [3.8, 4) is 0 Å². The van der Waals surface area contributed by atoms with E-state index in [4.69, 9.17) is 4.74 Å². The van der Waals surface area contributed by atoms with Crippen LogP contribution in [0.25, 0.3) is 0 Å². The highest BCUT2D eigenvalue weighted by Crippen LogP contribution is 2.28. The minimum absolute atomic E-state index is 0.0207. The number of nitrogens with zero attached hydrogens (tertiary/aromatic N) is 1.